The van der Waals surface area contributed by atoms with Gasteiger partial charge < -0.3 is 9.90 Å². The second kappa shape index (κ2) is 7.09. The number of Topliss-reactive ketones (excluding diaryl/α,β-unsaturated/α-hetero) is 1. The van der Waals surface area contributed by atoms with E-state index in [-0.39, 0.29) is 41.8 Å². The van der Waals surface area contributed by atoms with E-state index in [0.717, 1.165) is 0 Å². The maximum absolute atomic E-state index is 11.8. The van der Waals surface area contributed by atoms with Crippen LogP contribution in [0, 0.1) is 0 Å². The van der Waals surface area contributed by atoms with E-state index >= 15 is 0 Å². The van der Waals surface area contributed by atoms with E-state index in [9.17, 15) is 14.7 Å². The van der Waals surface area contributed by atoms with Gasteiger partial charge in [0.05, 0.1) is 23.5 Å². The Morgan fingerprint density at radius 1 is 1.33 bits per heavy atom. The molecule has 0 saturated carbocycles. The van der Waals surface area contributed by atoms with Crippen LogP contribution in [-0.4, -0.2) is 28.6 Å². The fraction of sp³-hybridized carbons (Fsp3) is 0.250. The molecule has 0 amide bonds. The standard InChI is InChI=1S/C12H11NO3S.Na/c14-10(8-4-2-1-3-5-8)6-11-13-9(7-17-11)12(15)16;/h1-5,9H,6-7H2,(H,15,16);/q;+1/p-1. The molecular weight excluding hydrogens is 261 g/mol. The fourth-order valence-electron chi connectivity index (χ4n) is 1.50. The molecule has 1 aliphatic rings. The van der Waals surface area contributed by atoms with E-state index in [1.807, 2.05) is 6.07 Å². The number of carboxylic acids is 1. The summed E-state index contributed by atoms with van der Waals surface area (Å²) in [6, 6.07) is 8.09. The molecule has 0 aromatic heterocycles. The summed E-state index contributed by atoms with van der Waals surface area (Å²) < 4.78 is 0. The third-order valence-corrected chi connectivity index (χ3v) is 3.45. The summed E-state index contributed by atoms with van der Waals surface area (Å²) in [4.78, 5) is 26.4. The van der Waals surface area contributed by atoms with Gasteiger partial charge in [-0.1, -0.05) is 30.3 Å². The number of carboxylic acid groups (broad SMARTS) is 1. The number of ketones is 1. The number of nitrogens with zero attached hydrogens (tertiary/aromatic N) is 1. The third-order valence-electron chi connectivity index (χ3n) is 2.39. The van der Waals surface area contributed by atoms with Crippen molar-refractivity contribution in [2.24, 2.45) is 4.99 Å². The Morgan fingerprint density at radius 3 is 2.56 bits per heavy atom. The Morgan fingerprint density at radius 2 is 2.00 bits per heavy atom. The van der Waals surface area contributed by atoms with E-state index in [0.29, 0.717) is 16.4 Å². The maximum Gasteiger partial charge on any atom is 1.00 e. The molecule has 88 valence electrons. The number of carbonyl (C=O) groups is 2. The van der Waals surface area contributed by atoms with Crippen molar-refractivity contribution in [3.8, 4) is 0 Å². The van der Waals surface area contributed by atoms with Gasteiger partial charge in [-0.05, 0) is 0 Å². The van der Waals surface area contributed by atoms with E-state index < -0.39 is 12.0 Å². The average Bonchev–Trinajstić information content (AvgIpc) is 2.79. The van der Waals surface area contributed by atoms with Gasteiger partial charge in [0.25, 0.3) is 0 Å². The van der Waals surface area contributed by atoms with Gasteiger partial charge in [0.2, 0.25) is 0 Å². The summed E-state index contributed by atoms with van der Waals surface area (Å²) in [7, 11) is 0. The number of carbonyl (C=O) groups excluding carboxylic acids is 2. The minimum atomic E-state index is -1.18. The van der Waals surface area contributed by atoms with Crippen LogP contribution in [0.5, 0.6) is 0 Å². The Kier molecular flexibility index (Phi) is 6.08. The molecule has 1 atom stereocenters. The van der Waals surface area contributed by atoms with Crippen molar-refractivity contribution in [2.75, 3.05) is 5.75 Å². The van der Waals surface area contributed by atoms with Crippen LogP contribution in [0.3, 0.4) is 0 Å². The summed E-state index contributed by atoms with van der Waals surface area (Å²) in [5.74, 6) is -0.866. The predicted molar refractivity (Wildman–Crippen MR) is 64.1 cm³/mol. The van der Waals surface area contributed by atoms with E-state index in [2.05, 4.69) is 4.99 Å². The van der Waals surface area contributed by atoms with E-state index in [1.165, 1.54) is 11.8 Å². The molecule has 0 fully saturated rings. The first-order valence-electron chi connectivity index (χ1n) is 5.15. The van der Waals surface area contributed by atoms with Crippen molar-refractivity contribution in [1.29, 1.82) is 0 Å². The maximum atomic E-state index is 11.8. The molecule has 6 heteroatoms. The molecule has 2 rings (SSSR count). The molecule has 0 aliphatic carbocycles. The second-order valence-corrected chi connectivity index (χ2v) is 4.73. The van der Waals surface area contributed by atoms with Crippen LogP contribution in [0.2, 0.25) is 0 Å². The van der Waals surface area contributed by atoms with E-state index in [1.54, 1.807) is 24.3 Å². The number of aliphatic carboxylic acids is 1. The minimum Gasteiger partial charge on any atom is -0.548 e. The topological polar surface area (TPSA) is 69.6 Å². The molecule has 0 radical (unpaired) electrons. The zero-order valence-corrected chi connectivity index (χ0v) is 12.8. The molecule has 4 nitrogen and oxygen atoms in total. The summed E-state index contributed by atoms with van der Waals surface area (Å²) >= 11 is 1.31. The first kappa shape index (κ1) is 15.4. The molecule has 1 heterocycles. The van der Waals surface area contributed by atoms with Gasteiger partial charge in [0.15, 0.2) is 5.78 Å². The molecule has 0 saturated heterocycles. The Hall–Kier alpha value is -0.620. The summed E-state index contributed by atoms with van der Waals surface area (Å²) in [5, 5.41) is 11.2. The molecule has 1 aliphatic heterocycles. The van der Waals surface area contributed by atoms with Crippen molar-refractivity contribution < 1.29 is 44.3 Å². The molecule has 0 N–H and O–H groups in total. The third kappa shape index (κ3) is 3.95. The van der Waals surface area contributed by atoms with Crippen molar-refractivity contribution >= 4 is 28.6 Å². The van der Waals surface area contributed by atoms with Crippen LogP contribution in [0.25, 0.3) is 0 Å². The SMILES string of the molecule is O=C(CC1=NC(C(=O)[O-])CS1)c1ccccc1.[Na+]. The quantitative estimate of drug-likeness (QED) is 0.449. The smallest absolute Gasteiger partial charge is 0.548 e. The zero-order valence-electron chi connectivity index (χ0n) is 9.96. The average molecular weight is 271 g/mol. The summed E-state index contributed by atoms with van der Waals surface area (Å²) in [6.45, 7) is 0. The Labute approximate surface area is 131 Å². The number of hydrogen-bond acceptors (Lipinski definition) is 5. The van der Waals surface area contributed by atoms with Crippen molar-refractivity contribution in [3.63, 3.8) is 0 Å². The summed E-state index contributed by atoms with van der Waals surface area (Å²) in [5.41, 5.74) is 0.618. The molecule has 1 aromatic carbocycles. The van der Waals surface area contributed by atoms with Crippen LogP contribution in [0.15, 0.2) is 35.3 Å². The van der Waals surface area contributed by atoms with Crippen molar-refractivity contribution in [1.82, 2.24) is 0 Å². The Bertz CT molecular complexity index is 475. The monoisotopic (exact) mass is 271 g/mol. The molecule has 0 spiro atoms. The number of hydrogen-bond donors (Lipinski definition) is 0. The number of thioether (sulfide) groups is 1. The predicted octanol–water partition coefficient (Wildman–Crippen LogP) is -2.47. The van der Waals surface area contributed by atoms with Crippen LogP contribution >= 0.6 is 11.8 Å². The number of rotatable bonds is 4. The second-order valence-electron chi connectivity index (χ2n) is 3.63. The van der Waals surface area contributed by atoms with Crippen molar-refractivity contribution in [2.45, 2.75) is 12.5 Å². The molecule has 1 aromatic rings. The molecule has 1 unspecified atom stereocenters. The minimum absolute atomic E-state index is 0. The van der Waals surface area contributed by atoms with Gasteiger partial charge in [0, 0.05) is 11.3 Å². The zero-order chi connectivity index (χ0) is 12.3. The van der Waals surface area contributed by atoms with Crippen molar-refractivity contribution in [3.05, 3.63) is 35.9 Å². The van der Waals surface area contributed by atoms with E-state index in [4.69, 9.17) is 0 Å². The Balaban J connectivity index is 0.00000162. The first-order valence-corrected chi connectivity index (χ1v) is 6.14. The van der Waals surface area contributed by atoms with Gasteiger partial charge in [-0.25, -0.2) is 0 Å². The van der Waals surface area contributed by atoms with Gasteiger partial charge in [-0.15, -0.1) is 11.8 Å². The van der Waals surface area contributed by atoms with Gasteiger partial charge in [0.1, 0.15) is 0 Å². The van der Waals surface area contributed by atoms with Gasteiger partial charge >= 0.3 is 29.6 Å². The molecular formula is C12H10NNaO3S. The van der Waals surface area contributed by atoms with Crippen LogP contribution in [-0.2, 0) is 4.79 Å². The number of aliphatic imine (C=N–C) groups is 1. The van der Waals surface area contributed by atoms with Gasteiger partial charge in [-0.3, -0.25) is 9.79 Å². The largest absolute Gasteiger partial charge is 1.00 e. The first-order chi connectivity index (χ1) is 8.16. The molecule has 18 heavy (non-hydrogen) atoms. The fourth-order valence-corrected chi connectivity index (χ4v) is 2.50. The normalized spacial score (nSPS) is 17.8. The number of benzene rings is 1. The van der Waals surface area contributed by atoms with Crippen LogP contribution in [0.1, 0.15) is 16.8 Å². The molecule has 0 bridgehead atoms. The van der Waals surface area contributed by atoms with Gasteiger partial charge in [-0.2, -0.15) is 0 Å². The summed E-state index contributed by atoms with van der Waals surface area (Å²) in [6.07, 6.45) is 0.165. The van der Waals surface area contributed by atoms with Crippen LogP contribution in [0.4, 0.5) is 0 Å². The van der Waals surface area contributed by atoms with Crippen LogP contribution < -0.4 is 34.7 Å².